The van der Waals surface area contributed by atoms with Gasteiger partial charge in [0.2, 0.25) is 0 Å². The Bertz CT molecular complexity index is 783. The van der Waals surface area contributed by atoms with E-state index in [1.165, 1.54) is 29.9 Å². The van der Waals surface area contributed by atoms with Crippen molar-refractivity contribution >= 4 is 17.6 Å². The first-order valence-corrected chi connectivity index (χ1v) is 5.89. The van der Waals surface area contributed by atoms with Gasteiger partial charge in [-0.3, -0.25) is 9.59 Å². The number of nitrogens with one attached hydrogen (secondary N) is 1. The summed E-state index contributed by atoms with van der Waals surface area (Å²) in [5, 5.41) is 11.0. The maximum Gasteiger partial charge on any atom is 0.335 e. The number of carbonyl (C=O) groups excluding carboxylic acids is 1. The number of aromatic carboxylic acids is 1. The number of aromatic nitrogens is 1. The summed E-state index contributed by atoms with van der Waals surface area (Å²) in [5.74, 6) is -2.79. The monoisotopic (exact) mass is 290 g/mol. The normalized spacial score (nSPS) is 10.2. The molecule has 1 aromatic heterocycles. The van der Waals surface area contributed by atoms with Crippen LogP contribution in [0.25, 0.3) is 0 Å². The van der Waals surface area contributed by atoms with E-state index in [2.05, 4.69) is 5.32 Å². The zero-order valence-electron chi connectivity index (χ0n) is 11.0. The first kappa shape index (κ1) is 14.4. The number of hydrogen-bond donors (Lipinski definition) is 2. The lowest BCUT2D eigenvalue weighted by Crippen LogP contribution is -2.20. The molecular weight excluding hydrogens is 279 g/mol. The average Bonchev–Trinajstić information content (AvgIpc) is 2.43. The lowest BCUT2D eigenvalue weighted by atomic mass is 10.2. The van der Waals surface area contributed by atoms with Crippen molar-refractivity contribution in [3.8, 4) is 0 Å². The third kappa shape index (κ3) is 3.14. The van der Waals surface area contributed by atoms with Crippen LogP contribution in [0, 0.1) is 5.82 Å². The predicted octanol–water partition coefficient (Wildman–Crippen LogP) is 1.47. The van der Waals surface area contributed by atoms with Crippen molar-refractivity contribution in [3.05, 3.63) is 63.8 Å². The topological polar surface area (TPSA) is 88.4 Å². The number of nitrogens with zero attached hydrogens (tertiary/aromatic N) is 1. The van der Waals surface area contributed by atoms with E-state index in [1.807, 2.05) is 0 Å². The second kappa shape index (κ2) is 5.58. The lowest BCUT2D eigenvalue weighted by molar-refractivity contribution is 0.0696. The second-order valence-corrected chi connectivity index (χ2v) is 4.32. The third-order valence-corrected chi connectivity index (χ3v) is 2.83. The van der Waals surface area contributed by atoms with E-state index in [0.717, 1.165) is 18.2 Å². The molecule has 21 heavy (non-hydrogen) atoms. The molecule has 0 spiro atoms. The van der Waals surface area contributed by atoms with Crippen molar-refractivity contribution < 1.29 is 19.1 Å². The highest BCUT2D eigenvalue weighted by molar-refractivity contribution is 6.04. The van der Waals surface area contributed by atoms with E-state index in [0.29, 0.717) is 0 Å². The number of pyridine rings is 1. The molecule has 0 radical (unpaired) electrons. The van der Waals surface area contributed by atoms with Gasteiger partial charge in [-0.2, -0.15) is 0 Å². The van der Waals surface area contributed by atoms with Gasteiger partial charge in [-0.05, 0) is 24.3 Å². The van der Waals surface area contributed by atoms with Crippen molar-refractivity contribution in [2.45, 2.75) is 0 Å². The SMILES string of the molecule is Cn1ccc(C(=O)Nc2ccc(C(=O)O)cc2F)cc1=O. The molecule has 0 unspecified atom stereocenters. The lowest BCUT2D eigenvalue weighted by Gasteiger charge is -2.07. The summed E-state index contributed by atoms with van der Waals surface area (Å²) in [5.41, 5.74) is -0.672. The number of amides is 1. The third-order valence-electron chi connectivity index (χ3n) is 2.83. The van der Waals surface area contributed by atoms with Crippen LogP contribution < -0.4 is 10.9 Å². The molecule has 0 fully saturated rings. The Balaban J connectivity index is 2.25. The minimum Gasteiger partial charge on any atom is -0.478 e. The molecule has 0 saturated carbocycles. The summed E-state index contributed by atoms with van der Waals surface area (Å²) in [6.45, 7) is 0. The fourth-order valence-electron chi connectivity index (χ4n) is 1.63. The highest BCUT2D eigenvalue weighted by Crippen LogP contribution is 2.16. The van der Waals surface area contributed by atoms with Crippen LogP contribution in [0.15, 0.2) is 41.3 Å². The van der Waals surface area contributed by atoms with Gasteiger partial charge in [-0.1, -0.05) is 0 Å². The van der Waals surface area contributed by atoms with Crippen molar-refractivity contribution in [3.63, 3.8) is 0 Å². The number of carboxylic acid groups (broad SMARTS) is 1. The summed E-state index contributed by atoms with van der Waals surface area (Å²) in [4.78, 5) is 34.0. The Kier molecular flexibility index (Phi) is 3.84. The van der Waals surface area contributed by atoms with E-state index in [1.54, 1.807) is 0 Å². The molecule has 108 valence electrons. The Morgan fingerprint density at radius 1 is 1.19 bits per heavy atom. The smallest absolute Gasteiger partial charge is 0.335 e. The van der Waals surface area contributed by atoms with Gasteiger partial charge in [-0.15, -0.1) is 0 Å². The molecule has 0 saturated heterocycles. The first-order chi connectivity index (χ1) is 9.88. The van der Waals surface area contributed by atoms with E-state index in [9.17, 15) is 18.8 Å². The Morgan fingerprint density at radius 3 is 2.48 bits per heavy atom. The largest absolute Gasteiger partial charge is 0.478 e. The highest BCUT2D eigenvalue weighted by Gasteiger charge is 2.12. The average molecular weight is 290 g/mol. The minimum absolute atomic E-state index is 0.0832. The fourth-order valence-corrected chi connectivity index (χ4v) is 1.63. The van der Waals surface area contributed by atoms with Gasteiger partial charge in [0, 0.05) is 24.9 Å². The number of rotatable bonds is 3. The van der Waals surface area contributed by atoms with Gasteiger partial charge < -0.3 is 15.0 Å². The molecule has 2 rings (SSSR count). The molecule has 0 bridgehead atoms. The van der Waals surface area contributed by atoms with Gasteiger partial charge in [0.1, 0.15) is 5.82 Å². The first-order valence-electron chi connectivity index (χ1n) is 5.89. The summed E-state index contributed by atoms with van der Waals surface area (Å²) < 4.78 is 15.0. The molecule has 0 atom stereocenters. The van der Waals surface area contributed by atoms with Crippen molar-refractivity contribution in [1.82, 2.24) is 4.57 Å². The molecule has 0 aliphatic heterocycles. The maximum atomic E-state index is 13.7. The van der Waals surface area contributed by atoms with Gasteiger partial charge in [0.25, 0.3) is 11.5 Å². The van der Waals surface area contributed by atoms with E-state index >= 15 is 0 Å². The van der Waals surface area contributed by atoms with Gasteiger partial charge in [0.15, 0.2) is 0 Å². The number of carbonyl (C=O) groups is 2. The number of halogens is 1. The number of anilines is 1. The van der Waals surface area contributed by atoms with Crippen molar-refractivity contribution in [2.24, 2.45) is 7.05 Å². The van der Waals surface area contributed by atoms with Gasteiger partial charge in [-0.25, -0.2) is 9.18 Å². The Labute approximate surface area is 118 Å². The zero-order valence-corrected chi connectivity index (χ0v) is 11.0. The maximum absolute atomic E-state index is 13.7. The summed E-state index contributed by atoms with van der Waals surface area (Å²) >= 11 is 0. The van der Waals surface area contributed by atoms with Crippen LogP contribution in [0.1, 0.15) is 20.7 Å². The summed E-state index contributed by atoms with van der Waals surface area (Å²) in [7, 11) is 1.54. The van der Waals surface area contributed by atoms with Crippen LogP contribution in [0.5, 0.6) is 0 Å². The molecule has 6 nitrogen and oxygen atoms in total. The Morgan fingerprint density at radius 2 is 1.90 bits per heavy atom. The van der Waals surface area contributed by atoms with Crippen LogP contribution in [-0.2, 0) is 7.05 Å². The zero-order chi connectivity index (χ0) is 15.6. The van der Waals surface area contributed by atoms with Crippen LogP contribution in [-0.4, -0.2) is 21.6 Å². The number of carboxylic acids is 1. The van der Waals surface area contributed by atoms with Crippen molar-refractivity contribution in [2.75, 3.05) is 5.32 Å². The molecule has 2 aromatic rings. The second-order valence-electron chi connectivity index (χ2n) is 4.32. The van der Waals surface area contributed by atoms with E-state index in [-0.39, 0.29) is 22.4 Å². The molecule has 1 amide bonds. The molecule has 1 heterocycles. The standard InChI is InChI=1S/C14H11FN2O4/c1-17-5-4-8(7-12(17)18)13(19)16-11-3-2-9(14(20)21)6-10(11)15/h2-7H,1H3,(H,16,19)(H,20,21). The highest BCUT2D eigenvalue weighted by atomic mass is 19.1. The van der Waals surface area contributed by atoms with E-state index < -0.39 is 17.7 Å². The molecular formula is C14H11FN2O4. The van der Waals surface area contributed by atoms with Crippen LogP contribution in [0.3, 0.4) is 0 Å². The molecule has 7 heteroatoms. The van der Waals surface area contributed by atoms with Crippen molar-refractivity contribution in [1.29, 1.82) is 0 Å². The Hall–Kier alpha value is -2.96. The van der Waals surface area contributed by atoms with Crippen LogP contribution in [0.4, 0.5) is 10.1 Å². The molecule has 0 aliphatic rings. The minimum atomic E-state index is -1.27. The van der Waals surface area contributed by atoms with E-state index in [4.69, 9.17) is 5.11 Å². The summed E-state index contributed by atoms with van der Waals surface area (Å²) in [6, 6.07) is 5.67. The quantitative estimate of drug-likeness (QED) is 0.896. The fraction of sp³-hybridized carbons (Fsp3) is 0.0714. The number of benzene rings is 1. The summed E-state index contributed by atoms with van der Waals surface area (Å²) in [6.07, 6.45) is 1.42. The predicted molar refractivity (Wildman–Crippen MR) is 73.0 cm³/mol. The van der Waals surface area contributed by atoms with Gasteiger partial charge >= 0.3 is 5.97 Å². The molecule has 2 N–H and O–H groups in total. The number of hydrogen-bond acceptors (Lipinski definition) is 3. The molecule has 1 aromatic carbocycles. The van der Waals surface area contributed by atoms with Crippen LogP contribution in [0.2, 0.25) is 0 Å². The number of aryl methyl sites for hydroxylation is 1. The van der Waals surface area contributed by atoms with Gasteiger partial charge in [0.05, 0.1) is 11.3 Å². The van der Waals surface area contributed by atoms with Crippen LogP contribution >= 0.6 is 0 Å². The molecule has 0 aliphatic carbocycles.